The van der Waals surface area contributed by atoms with Crippen molar-refractivity contribution in [3.05, 3.63) is 35.9 Å². The van der Waals surface area contributed by atoms with Crippen LogP contribution in [0.4, 0.5) is 0 Å². The van der Waals surface area contributed by atoms with E-state index in [2.05, 4.69) is 53.1 Å². The van der Waals surface area contributed by atoms with Gasteiger partial charge in [0, 0.05) is 19.1 Å². The summed E-state index contributed by atoms with van der Waals surface area (Å²) >= 11 is 0. The number of aryl methyl sites for hydroxylation is 1. The smallest absolute Gasteiger partial charge is 0.237 e. The highest BCUT2D eigenvalue weighted by molar-refractivity contribution is 7.88. The van der Waals surface area contributed by atoms with Gasteiger partial charge in [-0.15, -0.1) is 0 Å². The fourth-order valence-electron chi connectivity index (χ4n) is 4.08. The van der Waals surface area contributed by atoms with E-state index in [-0.39, 0.29) is 18.0 Å². The van der Waals surface area contributed by atoms with Gasteiger partial charge in [0.15, 0.2) is 0 Å². The zero-order chi connectivity index (χ0) is 21.3. The molecule has 1 saturated heterocycles. The average Bonchev–Trinajstić information content (AvgIpc) is 3.08. The Bertz CT molecular complexity index is 722. The van der Waals surface area contributed by atoms with Crippen LogP contribution in [0.15, 0.2) is 30.3 Å². The van der Waals surface area contributed by atoms with Gasteiger partial charge in [-0.05, 0) is 56.6 Å². The highest BCUT2D eigenvalue weighted by atomic mass is 32.2. The molecule has 0 unspecified atom stereocenters. The topological polar surface area (TPSA) is 78.5 Å². The minimum Gasteiger partial charge on any atom is -0.355 e. The highest BCUT2D eigenvalue weighted by Gasteiger charge is 2.32. The molecule has 1 heterocycles. The van der Waals surface area contributed by atoms with Crippen molar-refractivity contribution in [2.45, 2.75) is 64.5 Å². The first-order valence-electron chi connectivity index (χ1n) is 10.8. The second-order valence-corrected chi connectivity index (χ2v) is 10.4. The molecular weight excluding hydrogens is 386 g/mol. The summed E-state index contributed by atoms with van der Waals surface area (Å²) in [6.07, 6.45) is 6.80. The van der Waals surface area contributed by atoms with E-state index in [1.165, 1.54) is 11.8 Å². The molecule has 164 valence electrons. The molecule has 1 aromatic carbocycles. The summed E-state index contributed by atoms with van der Waals surface area (Å²) < 4.78 is 26.2. The number of carbonyl (C=O) groups is 1. The molecule has 0 saturated carbocycles. The number of rotatable bonds is 12. The minimum absolute atomic E-state index is 0.0739. The largest absolute Gasteiger partial charge is 0.355 e. The van der Waals surface area contributed by atoms with Crippen LogP contribution in [0, 0.1) is 5.92 Å². The summed E-state index contributed by atoms with van der Waals surface area (Å²) in [5, 5.41) is 3.08. The molecule has 2 atom stereocenters. The molecule has 6 nitrogen and oxygen atoms in total. The van der Waals surface area contributed by atoms with E-state index in [1.54, 1.807) is 0 Å². The molecular formula is C22H37N3O3S. The van der Waals surface area contributed by atoms with Crippen molar-refractivity contribution in [3.8, 4) is 0 Å². The molecule has 0 aromatic heterocycles. The number of sulfonamides is 1. The first-order valence-corrected chi connectivity index (χ1v) is 12.7. The van der Waals surface area contributed by atoms with Gasteiger partial charge < -0.3 is 5.32 Å². The van der Waals surface area contributed by atoms with Gasteiger partial charge in [0.2, 0.25) is 15.9 Å². The normalized spacial score (nSPS) is 18.8. The Hall–Kier alpha value is -1.44. The van der Waals surface area contributed by atoms with Crippen LogP contribution in [0.1, 0.15) is 51.5 Å². The number of benzene rings is 1. The van der Waals surface area contributed by atoms with Crippen LogP contribution in [-0.2, 0) is 21.2 Å². The highest BCUT2D eigenvalue weighted by Crippen LogP contribution is 2.19. The summed E-state index contributed by atoms with van der Waals surface area (Å²) in [6, 6.07) is 10.1. The molecule has 7 heteroatoms. The molecule has 2 rings (SSSR count). The molecule has 1 aliphatic rings. The Morgan fingerprint density at radius 1 is 1.21 bits per heavy atom. The third-order valence-corrected chi connectivity index (χ3v) is 6.05. The van der Waals surface area contributed by atoms with E-state index in [4.69, 9.17) is 0 Å². The van der Waals surface area contributed by atoms with E-state index < -0.39 is 10.0 Å². The number of carbonyl (C=O) groups excluding carboxylic acids is 1. The van der Waals surface area contributed by atoms with E-state index in [9.17, 15) is 13.2 Å². The van der Waals surface area contributed by atoms with E-state index in [1.807, 2.05) is 6.07 Å². The fourth-order valence-corrected chi connectivity index (χ4v) is 4.86. The van der Waals surface area contributed by atoms with Crippen molar-refractivity contribution < 1.29 is 13.2 Å². The third kappa shape index (κ3) is 9.28. The Balaban J connectivity index is 1.78. The molecule has 0 radical (unpaired) electrons. The average molecular weight is 424 g/mol. The Morgan fingerprint density at radius 3 is 2.59 bits per heavy atom. The van der Waals surface area contributed by atoms with Gasteiger partial charge >= 0.3 is 0 Å². The van der Waals surface area contributed by atoms with Crippen LogP contribution >= 0.6 is 0 Å². The van der Waals surface area contributed by atoms with Gasteiger partial charge in [-0.1, -0.05) is 44.2 Å². The Kier molecular flexibility index (Phi) is 9.59. The molecule has 29 heavy (non-hydrogen) atoms. The van der Waals surface area contributed by atoms with Crippen LogP contribution in [0.5, 0.6) is 0 Å². The summed E-state index contributed by atoms with van der Waals surface area (Å²) in [4.78, 5) is 14.8. The van der Waals surface area contributed by atoms with Crippen molar-refractivity contribution in [3.63, 3.8) is 0 Å². The standard InChI is InChI=1S/C22H37N3O3S/c1-18(2)16-20(24-29(3,27)28)17-25-15-9-13-21(25)22(26)23-14-8-7-12-19-10-5-4-6-11-19/h4-6,10-11,18,20-21,24H,7-9,12-17H2,1-3H3,(H,23,26)/t20-,21+/m1/s1. The third-order valence-electron chi connectivity index (χ3n) is 5.29. The predicted octanol–water partition coefficient (Wildman–Crippen LogP) is 2.55. The first-order chi connectivity index (χ1) is 13.7. The van der Waals surface area contributed by atoms with Crippen molar-refractivity contribution in [1.82, 2.24) is 14.9 Å². The van der Waals surface area contributed by atoms with Gasteiger partial charge in [0.1, 0.15) is 0 Å². The van der Waals surface area contributed by atoms with Crippen molar-refractivity contribution >= 4 is 15.9 Å². The second-order valence-electron chi connectivity index (χ2n) is 8.60. The summed E-state index contributed by atoms with van der Waals surface area (Å²) in [5.74, 6) is 0.457. The molecule has 0 aliphatic carbocycles. The number of likely N-dealkylation sites (tertiary alicyclic amines) is 1. The van der Waals surface area contributed by atoms with E-state index >= 15 is 0 Å². The van der Waals surface area contributed by atoms with Crippen LogP contribution in [-0.4, -0.2) is 57.2 Å². The van der Waals surface area contributed by atoms with Crippen molar-refractivity contribution in [1.29, 1.82) is 0 Å². The lowest BCUT2D eigenvalue weighted by molar-refractivity contribution is -0.125. The molecule has 1 amide bonds. The maximum absolute atomic E-state index is 12.7. The quantitative estimate of drug-likeness (QED) is 0.507. The van der Waals surface area contributed by atoms with Crippen molar-refractivity contribution in [2.75, 3.05) is 25.9 Å². The molecule has 1 aromatic rings. The zero-order valence-electron chi connectivity index (χ0n) is 18.1. The number of amides is 1. The summed E-state index contributed by atoms with van der Waals surface area (Å²) in [5.41, 5.74) is 1.33. The molecule has 2 N–H and O–H groups in total. The monoisotopic (exact) mass is 423 g/mol. The zero-order valence-corrected chi connectivity index (χ0v) is 18.9. The molecule has 1 fully saturated rings. The summed E-state index contributed by atoms with van der Waals surface area (Å²) in [7, 11) is -3.27. The SMILES string of the molecule is CC(C)C[C@H](CN1CCC[C@H]1C(=O)NCCCCc1ccccc1)NS(C)(=O)=O. The second kappa shape index (κ2) is 11.7. The first kappa shape index (κ1) is 23.8. The van der Waals surface area contributed by atoms with Gasteiger partial charge in [-0.2, -0.15) is 0 Å². The number of nitrogens with one attached hydrogen (secondary N) is 2. The maximum Gasteiger partial charge on any atom is 0.237 e. The number of nitrogens with zero attached hydrogens (tertiary/aromatic N) is 1. The van der Waals surface area contributed by atoms with Gasteiger partial charge in [0.25, 0.3) is 0 Å². The maximum atomic E-state index is 12.7. The number of hydrogen-bond acceptors (Lipinski definition) is 4. The van der Waals surface area contributed by atoms with Crippen LogP contribution < -0.4 is 10.0 Å². The minimum atomic E-state index is -3.27. The lowest BCUT2D eigenvalue weighted by Crippen LogP contribution is -2.49. The fraction of sp³-hybridized carbons (Fsp3) is 0.682. The van der Waals surface area contributed by atoms with Crippen LogP contribution in [0.2, 0.25) is 0 Å². The lowest BCUT2D eigenvalue weighted by atomic mass is 10.0. The number of unbranched alkanes of at least 4 members (excludes halogenated alkanes) is 1. The molecule has 0 bridgehead atoms. The van der Waals surface area contributed by atoms with Gasteiger partial charge in [-0.25, -0.2) is 13.1 Å². The van der Waals surface area contributed by atoms with E-state index in [0.29, 0.717) is 19.0 Å². The Morgan fingerprint density at radius 2 is 1.93 bits per heavy atom. The van der Waals surface area contributed by atoms with Crippen molar-refractivity contribution in [2.24, 2.45) is 5.92 Å². The summed E-state index contributed by atoms with van der Waals surface area (Å²) in [6.45, 7) is 6.28. The molecule has 1 aliphatic heterocycles. The van der Waals surface area contributed by atoms with E-state index in [0.717, 1.165) is 45.1 Å². The lowest BCUT2D eigenvalue weighted by Gasteiger charge is -2.29. The predicted molar refractivity (Wildman–Crippen MR) is 118 cm³/mol. The van der Waals surface area contributed by atoms with Crippen LogP contribution in [0.25, 0.3) is 0 Å². The van der Waals surface area contributed by atoms with Gasteiger partial charge in [-0.3, -0.25) is 9.69 Å². The molecule has 0 spiro atoms. The Labute approximate surface area is 176 Å². The number of hydrogen-bond donors (Lipinski definition) is 2. The van der Waals surface area contributed by atoms with Crippen LogP contribution in [0.3, 0.4) is 0 Å². The van der Waals surface area contributed by atoms with Gasteiger partial charge in [0.05, 0.1) is 12.3 Å².